The summed E-state index contributed by atoms with van der Waals surface area (Å²) in [7, 11) is 0. The zero-order chi connectivity index (χ0) is 10.5. The van der Waals surface area contributed by atoms with Crippen molar-refractivity contribution in [2.75, 3.05) is 13.1 Å². The van der Waals surface area contributed by atoms with E-state index in [4.69, 9.17) is 5.73 Å². The van der Waals surface area contributed by atoms with Crippen molar-refractivity contribution in [3.05, 3.63) is 0 Å². The first-order valence-electron chi connectivity index (χ1n) is 5.34. The summed E-state index contributed by atoms with van der Waals surface area (Å²) in [4.78, 5) is 0. The lowest BCUT2D eigenvalue weighted by molar-refractivity contribution is 0.304. The normalized spacial score (nSPS) is 17.1. The average molecular weight is 186 g/mol. The molecule has 0 heterocycles. The molecule has 0 aromatic heterocycles. The van der Waals surface area contributed by atoms with Gasteiger partial charge >= 0.3 is 0 Å². The summed E-state index contributed by atoms with van der Waals surface area (Å²) < 4.78 is 0. The van der Waals surface area contributed by atoms with Crippen LogP contribution in [0, 0.1) is 11.3 Å². The highest BCUT2D eigenvalue weighted by Gasteiger charge is 2.19. The standard InChI is InChI=1S/C11H26N2/c1-6-9(2)7-13-8-10(12)11(3,4)5/h9-10,13H,6-8,12H2,1-5H3. The summed E-state index contributed by atoms with van der Waals surface area (Å²) >= 11 is 0. The predicted molar refractivity (Wildman–Crippen MR) is 59.8 cm³/mol. The van der Waals surface area contributed by atoms with Crippen LogP contribution in [0.2, 0.25) is 0 Å². The first kappa shape index (κ1) is 12.9. The third kappa shape index (κ3) is 6.05. The largest absolute Gasteiger partial charge is 0.326 e. The summed E-state index contributed by atoms with van der Waals surface area (Å²) in [6.07, 6.45) is 1.23. The van der Waals surface area contributed by atoms with Gasteiger partial charge in [-0.3, -0.25) is 0 Å². The molecular formula is C11H26N2. The molecule has 2 nitrogen and oxygen atoms in total. The number of hydrogen-bond donors (Lipinski definition) is 2. The zero-order valence-corrected chi connectivity index (χ0v) is 9.85. The van der Waals surface area contributed by atoms with E-state index in [0.717, 1.165) is 19.0 Å². The number of hydrogen-bond acceptors (Lipinski definition) is 2. The fourth-order valence-electron chi connectivity index (χ4n) is 0.936. The summed E-state index contributed by atoms with van der Waals surface area (Å²) in [6.45, 7) is 13.0. The van der Waals surface area contributed by atoms with E-state index in [2.05, 4.69) is 39.9 Å². The molecule has 0 bridgehead atoms. The van der Waals surface area contributed by atoms with Gasteiger partial charge in [0.25, 0.3) is 0 Å². The van der Waals surface area contributed by atoms with E-state index in [-0.39, 0.29) is 11.5 Å². The van der Waals surface area contributed by atoms with Gasteiger partial charge in [0.15, 0.2) is 0 Å². The van der Waals surface area contributed by atoms with Gasteiger partial charge in [-0.1, -0.05) is 41.0 Å². The molecule has 0 aliphatic heterocycles. The highest BCUT2D eigenvalue weighted by molar-refractivity contribution is 4.78. The lowest BCUT2D eigenvalue weighted by Gasteiger charge is -2.27. The van der Waals surface area contributed by atoms with Crippen LogP contribution in [0.5, 0.6) is 0 Å². The van der Waals surface area contributed by atoms with Gasteiger partial charge in [0.1, 0.15) is 0 Å². The second-order valence-corrected chi connectivity index (χ2v) is 5.14. The number of rotatable bonds is 5. The molecule has 0 amide bonds. The number of nitrogens with one attached hydrogen (secondary N) is 1. The van der Waals surface area contributed by atoms with Crippen LogP contribution < -0.4 is 11.1 Å². The van der Waals surface area contributed by atoms with E-state index in [9.17, 15) is 0 Å². The Morgan fingerprint density at radius 2 is 1.77 bits per heavy atom. The van der Waals surface area contributed by atoms with Crippen molar-refractivity contribution in [1.29, 1.82) is 0 Å². The molecule has 0 aromatic carbocycles. The molecule has 0 aliphatic rings. The lowest BCUT2D eigenvalue weighted by Crippen LogP contribution is -2.44. The quantitative estimate of drug-likeness (QED) is 0.689. The molecule has 80 valence electrons. The molecule has 2 heteroatoms. The maximum atomic E-state index is 6.02. The van der Waals surface area contributed by atoms with Crippen LogP contribution in [0.15, 0.2) is 0 Å². The Kier molecular flexibility index (Phi) is 5.57. The molecule has 0 spiro atoms. The summed E-state index contributed by atoms with van der Waals surface area (Å²) in [5, 5.41) is 3.42. The second kappa shape index (κ2) is 5.61. The van der Waals surface area contributed by atoms with Crippen LogP contribution in [0.25, 0.3) is 0 Å². The van der Waals surface area contributed by atoms with E-state index in [1.54, 1.807) is 0 Å². The van der Waals surface area contributed by atoms with Crippen LogP contribution in [-0.4, -0.2) is 19.1 Å². The van der Waals surface area contributed by atoms with Gasteiger partial charge in [-0.25, -0.2) is 0 Å². The van der Waals surface area contributed by atoms with Gasteiger partial charge in [-0.05, 0) is 17.9 Å². The van der Waals surface area contributed by atoms with Crippen LogP contribution in [-0.2, 0) is 0 Å². The van der Waals surface area contributed by atoms with E-state index in [1.165, 1.54) is 6.42 Å². The summed E-state index contributed by atoms with van der Waals surface area (Å²) in [5.41, 5.74) is 6.23. The molecule has 2 atom stereocenters. The van der Waals surface area contributed by atoms with Crippen LogP contribution in [0.1, 0.15) is 41.0 Å². The highest BCUT2D eigenvalue weighted by atomic mass is 14.9. The number of nitrogens with two attached hydrogens (primary N) is 1. The van der Waals surface area contributed by atoms with E-state index >= 15 is 0 Å². The Labute approximate surface area is 83.3 Å². The Morgan fingerprint density at radius 3 is 2.15 bits per heavy atom. The minimum absolute atomic E-state index is 0.211. The molecule has 0 radical (unpaired) electrons. The van der Waals surface area contributed by atoms with Crippen LogP contribution >= 0.6 is 0 Å². The van der Waals surface area contributed by atoms with E-state index in [0.29, 0.717) is 0 Å². The molecule has 13 heavy (non-hydrogen) atoms. The molecule has 0 rings (SSSR count). The Balaban J connectivity index is 3.54. The highest BCUT2D eigenvalue weighted by Crippen LogP contribution is 2.16. The SMILES string of the molecule is CCC(C)CNCC(N)C(C)(C)C. The van der Waals surface area contributed by atoms with Crippen molar-refractivity contribution in [2.24, 2.45) is 17.1 Å². The van der Waals surface area contributed by atoms with Gasteiger partial charge in [0.2, 0.25) is 0 Å². The third-order valence-corrected chi connectivity index (χ3v) is 2.67. The third-order valence-electron chi connectivity index (χ3n) is 2.67. The average Bonchev–Trinajstić information content (AvgIpc) is 2.02. The molecule has 3 N–H and O–H groups in total. The van der Waals surface area contributed by atoms with E-state index in [1.807, 2.05) is 0 Å². The lowest BCUT2D eigenvalue weighted by atomic mass is 9.87. The van der Waals surface area contributed by atoms with Crippen LogP contribution in [0.3, 0.4) is 0 Å². The molecular weight excluding hydrogens is 160 g/mol. The van der Waals surface area contributed by atoms with Crippen molar-refractivity contribution in [1.82, 2.24) is 5.32 Å². The molecule has 0 aliphatic carbocycles. The maximum Gasteiger partial charge on any atom is 0.0214 e. The molecule has 0 saturated carbocycles. The van der Waals surface area contributed by atoms with Crippen molar-refractivity contribution >= 4 is 0 Å². The predicted octanol–water partition coefficient (Wildman–Crippen LogP) is 2.00. The fourth-order valence-corrected chi connectivity index (χ4v) is 0.936. The minimum atomic E-state index is 0.211. The molecule has 0 saturated heterocycles. The van der Waals surface area contributed by atoms with Crippen molar-refractivity contribution in [2.45, 2.75) is 47.1 Å². The van der Waals surface area contributed by atoms with Gasteiger partial charge in [-0.15, -0.1) is 0 Å². The summed E-state index contributed by atoms with van der Waals surface area (Å²) in [6, 6.07) is 0.247. The molecule has 0 fully saturated rings. The smallest absolute Gasteiger partial charge is 0.0214 e. The van der Waals surface area contributed by atoms with Gasteiger partial charge in [0, 0.05) is 12.6 Å². The van der Waals surface area contributed by atoms with Gasteiger partial charge in [-0.2, -0.15) is 0 Å². The first-order valence-corrected chi connectivity index (χ1v) is 5.34. The molecule has 0 aromatic rings. The topological polar surface area (TPSA) is 38.0 Å². The zero-order valence-electron chi connectivity index (χ0n) is 9.85. The van der Waals surface area contributed by atoms with Crippen LogP contribution in [0.4, 0.5) is 0 Å². The van der Waals surface area contributed by atoms with Gasteiger partial charge < -0.3 is 11.1 Å². The Morgan fingerprint density at radius 1 is 1.23 bits per heavy atom. The Hall–Kier alpha value is -0.0800. The van der Waals surface area contributed by atoms with Gasteiger partial charge in [0.05, 0.1) is 0 Å². The minimum Gasteiger partial charge on any atom is -0.326 e. The van der Waals surface area contributed by atoms with Crippen molar-refractivity contribution in [3.63, 3.8) is 0 Å². The first-order chi connectivity index (χ1) is 5.88. The van der Waals surface area contributed by atoms with Crippen molar-refractivity contribution in [3.8, 4) is 0 Å². The Bertz CT molecular complexity index is 127. The van der Waals surface area contributed by atoms with E-state index < -0.39 is 0 Å². The monoisotopic (exact) mass is 186 g/mol. The fraction of sp³-hybridized carbons (Fsp3) is 1.00. The second-order valence-electron chi connectivity index (χ2n) is 5.14. The summed E-state index contributed by atoms with van der Waals surface area (Å²) in [5.74, 6) is 0.757. The molecule has 2 unspecified atom stereocenters. The maximum absolute atomic E-state index is 6.02. The van der Waals surface area contributed by atoms with Crippen molar-refractivity contribution < 1.29 is 0 Å².